The number of nitrogen functional groups attached to an aromatic ring is 1. The lowest BCUT2D eigenvalue weighted by atomic mass is 9.93. The molecule has 2 rings (SSSR count). The fourth-order valence-electron chi connectivity index (χ4n) is 2.52. The van der Waals surface area contributed by atoms with Crippen molar-refractivity contribution in [2.75, 3.05) is 12.3 Å². The van der Waals surface area contributed by atoms with E-state index in [0.717, 1.165) is 12.8 Å². The van der Waals surface area contributed by atoms with Crippen molar-refractivity contribution in [3.8, 4) is 5.75 Å². The number of hydrogen-bond donors (Lipinski definition) is 3. The molecule has 0 aliphatic heterocycles. The molecule has 4 N–H and O–H groups in total. The maximum Gasteiger partial charge on any atom is 0.244 e. The first kappa shape index (κ1) is 16.1. The van der Waals surface area contributed by atoms with E-state index in [9.17, 15) is 13.5 Å². The molecule has 0 radical (unpaired) electrons. The summed E-state index contributed by atoms with van der Waals surface area (Å²) in [5, 5.41) is 9.92. The Balaban J connectivity index is 2.28. The third-order valence-electron chi connectivity index (χ3n) is 3.59. The molecule has 1 aliphatic rings. The van der Waals surface area contributed by atoms with Crippen LogP contribution in [0.25, 0.3) is 0 Å². The van der Waals surface area contributed by atoms with Crippen molar-refractivity contribution < 1.29 is 18.3 Å². The Hall–Kier alpha value is -1.31. The molecule has 21 heavy (non-hydrogen) atoms. The predicted molar refractivity (Wildman–Crippen MR) is 80.6 cm³/mol. The second kappa shape index (κ2) is 6.64. The maximum absolute atomic E-state index is 12.5. The lowest BCUT2D eigenvalue weighted by Gasteiger charge is -2.28. The van der Waals surface area contributed by atoms with Gasteiger partial charge in [0, 0.05) is 11.7 Å². The molecule has 7 heteroatoms. The number of benzene rings is 1. The van der Waals surface area contributed by atoms with E-state index in [0.29, 0.717) is 25.1 Å². The topological polar surface area (TPSA) is 102 Å². The Morgan fingerprint density at radius 2 is 2.10 bits per heavy atom. The van der Waals surface area contributed by atoms with Gasteiger partial charge < -0.3 is 15.6 Å². The van der Waals surface area contributed by atoms with Crippen LogP contribution in [0.2, 0.25) is 0 Å². The molecule has 6 nitrogen and oxygen atoms in total. The average molecular weight is 314 g/mol. The van der Waals surface area contributed by atoms with Crippen molar-refractivity contribution in [3.05, 3.63) is 18.2 Å². The standard InChI is InChI=1S/C14H22N2O4S/c1-2-20-13-8-7-10(15)9-14(13)21(18,19)16-11-5-3-4-6-12(11)17/h7-9,11-12,16-17H,2-6,15H2,1H3. The van der Waals surface area contributed by atoms with E-state index in [-0.39, 0.29) is 10.6 Å². The van der Waals surface area contributed by atoms with Crippen LogP contribution in [0.1, 0.15) is 32.6 Å². The van der Waals surface area contributed by atoms with Gasteiger partial charge in [0.05, 0.1) is 12.7 Å². The van der Waals surface area contributed by atoms with Gasteiger partial charge in [0.2, 0.25) is 10.0 Å². The van der Waals surface area contributed by atoms with Gasteiger partial charge in [0.25, 0.3) is 0 Å². The van der Waals surface area contributed by atoms with E-state index in [1.165, 1.54) is 6.07 Å². The monoisotopic (exact) mass is 314 g/mol. The fraction of sp³-hybridized carbons (Fsp3) is 0.571. The van der Waals surface area contributed by atoms with Crippen LogP contribution in [-0.4, -0.2) is 32.3 Å². The molecule has 1 fully saturated rings. The van der Waals surface area contributed by atoms with Crippen LogP contribution in [0.4, 0.5) is 5.69 Å². The minimum absolute atomic E-state index is 0.0159. The summed E-state index contributed by atoms with van der Waals surface area (Å²) in [5.41, 5.74) is 6.03. The highest BCUT2D eigenvalue weighted by Gasteiger charge is 2.29. The number of sulfonamides is 1. The summed E-state index contributed by atoms with van der Waals surface area (Å²) in [6, 6.07) is 4.06. The Kier molecular flexibility index (Phi) is 5.08. The molecule has 1 aliphatic carbocycles. The second-order valence-electron chi connectivity index (χ2n) is 5.22. The van der Waals surface area contributed by atoms with Crippen molar-refractivity contribution >= 4 is 15.7 Å². The van der Waals surface area contributed by atoms with Gasteiger partial charge in [-0.05, 0) is 38.0 Å². The number of anilines is 1. The van der Waals surface area contributed by atoms with E-state index in [4.69, 9.17) is 10.5 Å². The molecule has 0 bridgehead atoms. The van der Waals surface area contributed by atoms with E-state index in [1.54, 1.807) is 19.1 Å². The van der Waals surface area contributed by atoms with Crippen molar-refractivity contribution in [3.63, 3.8) is 0 Å². The second-order valence-corrected chi connectivity index (χ2v) is 6.90. The first-order valence-electron chi connectivity index (χ1n) is 7.16. The van der Waals surface area contributed by atoms with Gasteiger partial charge in [-0.15, -0.1) is 0 Å². The highest BCUT2D eigenvalue weighted by atomic mass is 32.2. The number of rotatable bonds is 5. The van der Waals surface area contributed by atoms with Crippen LogP contribution in [-0.2, 0) is 10.0 Å². The van der Waals surface area contributed by atoms with Crippen LogP contribution in [0.5, 0.6) is 5.75 Å². The molecule has 1 aromatic carbocycles. The van der Waals surface area contributed by atoms with Crippen LogP contribution in [0, 0.1) is 0 Å². The predicted octanol–water partition coefficient (Wildman–Crippen LogP) is 1.25. The Labute approximate surface area is 125 Å². The quantitative estimate of drug-likeness (QED) is 0.710. The molecule has 0 spiro atoms. The first-order valence-corrected chi connectivity index (χ1v) is 8.65. The number of hydrogen-bond acceptors (Lipinski definition) is 5. The number of nitrogens with two attached hydrogens (primary N) is 1. The van der Waals surface area contributed by atoms with Gasteiger partial charge >= 0.3 is 0 Å². The third kappa shape index (κ3) is 3.87. The van der Waals surface area contributed by atoms with Crippen LogP contribution in [0.15, 0.2) is 23.1 Å². The molecule has 118 valence electrons. The SMILES string of the molecule is CCOc1ccc(N)cc1S(=O)(=O)NC1CCCCC1O. The first-order chi connectivity index (χ1) is 9.94. The third-order valence-corrected chi connectivity index (χ3v) is 5.10. The molecular weight excluding hydrogens is 292 g/mol. The largest absolute Gasteiger partial charge is 0.492 e. The van der Waals surface area contributed by atoms with Gasteiger partial charge in [-0.3, -0.25) is 0 Å². The number of aliphatic hydroxyl groups excluding tert-OH is 1. The van der Waals surface area contributed by atoms with Crippen LogP contribution in [0.3, 0.4) is 0 Å². The Morgan fingerprint density at radius 3 is 2.76 bits per heavy atom. The summed E-state index contributed by atoms with van der Waals surface area (Å²) >= 11 is 0. The summed E-state index contributed by atoms with van der Waals surface area (Å²) < 4.78 is 33.0. The normalized spacial score (nSPS) is 23.0. The fourth-order valence-corrected chi connectivity index (χ4v) is 4.00. The van der Waals surface area contributed by atoms with E-state index in [2.05, 4.69) is 4.72 Å². The summed E-state index contributed by atoms with van der Waals surface area (Å²) in [5.74, 6) is 0.268. The Bertz CT molecular complexity index is 589. The zero-order chi connectivity index (χ0) is 15.5. The smallest absolute Gasteiger partial charge is 0.244 e. The Morgan fingerprint density at radius 1 is 1.38 bits per heavy atom. The molecule has 2 atom stereocenters. The van der Waals surface area contributed by atoms with Crippen LogP contribution < -0.4 is 15.2 Å². The lowest BCUT2D eigenvalue weighted by Crippen LogP contribution is -2.45. The summed E-state index contributed by atoms with van der Waals surface area (Å²) in [4.78, 5) is 0.0159. The van der Waals surface area contributed by atoms with Crippen molar-refractivity contribution in [2.45, 2.75) is 49.6 Å². The molecule has 1 saturated carbocycles. The van der Waals surface area contributed by atoms with Crippen LogP contribution >= 0.6 is 0 Å². The summed E-state index contributed by atoms with van der Waals surface area (Å²) in [7, 11) is -3.78. The number of nitrogens with one attached hydrogen (secondary N) is 1. The minimum atomic E-state index is -3.78. The van der Waals surface area contributed by atoms with Gasteiger partial charge in [-0.25, -0.2) is 13.1 Å². The zero-order valence-corrected chi connectivity index (χ0v) is 12.9. The maximum atomic E-state index is 12.5. The van der Waals surface area contributed by atoms with Crippen molar-refractivity contribution in [1.29, 1.82) is 0 Å². The molecule has 0 aromatic heterocycles. The van der Waals surface area contributed by atoms with E-state index >= 15 is 0 Å². The van der Waals surface area contributed by atoms with Crippen molar-refractivity contribution in [1.82, 2.24) is 4.72 Å². The van der Waals surface area contributed by atoms with E-state index < -0.39 is 22.2 Å². The van der Waals surface area contributed by atoms with Gasteiger partial charge in [0.15, 0.2) is 0 Å². The summed E-state index contributed by atoms with van der Waals surface area (Å²) in [6.07, 6.45) is 2.42. The van der Waals surface area contributed by atoms with Gasteiger partial charge in [-0.1, -0.05) is 12.8 Å². The molecule has 0 amide bonds. The molecule has 2 unspecified atom stereocenters. The highest BCUT2D eigenvalue weighted by Crippen LogP contribution is 2.28. The average Bonchev–Trinajstić information content (AvgIpc) is 2.43. The zero-order valence-electron chi connectivity index (χ0n) is 12.1. The summed E-state index contributed by atoms with van der Waals surface area (Å²) in [6.45, 7) is 2.14. The van der Waals surface area contributed by atoms with Gasteiger partial charge in [-0.2, -0.15) is 0 Å². The number of aliphatic hydroxyl groups is 1. The van der Waals surface area contributed by atoms with E-state index in [1.807, 2.05) is 0 Å². The minimum Gasteiger partial charge on any atom is -0.492 e. The molecule has 1 aromatic rings. The number of ether oxygens (including phenoxy) is 1. The molecule has 0 heterocycles. The van der Waals surface area contributed by atoms with Crippen molar-refractivity contribution in [2.24, 2.45) is 0 Å². The lowest BCUT2D eigenvalue weighted by molar-refractivity contribution is 0.101. The molecule has 0 saturated heterocycles. The van der Waals surface area contributed by atoms with Gasteiger partial charge in [0.1, 0.15) is 10.6 Å². The molecular formula is C14H22N2O4S. The highest BCUT2D eigenvalue weighted by molar-refractivity contribution is 7.89.